The minimum absolute atomic E-state index is 0. The van der Waals surface area contributed by atoms with E-state index in [1.807, 2.05) is 13.1 Å². The minimum Gasteiger partial charge on any atom is -0.427 e. The fraction of sp³-hybridized carbons (Fsp3) is 0.417. The summed E-state index contributed by atoms with van der Waals surface area (Å²) in [5.41, 5.74) is 2.12. The smallest absolute Gasteiger partial charge is 0.427 e. The summed E-state index contributed by atoms with van der Waals surface area (Å²) in [5, 5.41) is 7.83. The van der Waals surface area contributed by atoms with Crippen LogP contribution in [0.15, 0.2) is 24.3 Å². The number of halogens is 2. The molecule has 0 spiro atoms. The number of carbonyl (C=O) groups is 3. The van der Waals surface area contributed by atoms with E-state index in [-0.39, 0.29) is 24.2 Å². The lowest BCUT2D eigenvalue weighted by molar-refractivity contribution is 0.0593. The fourth-order valence-corrected chi connectivity index (χ4v) is 6.37. The predicted octanol–water partition coefficient (Wildman–Crippen LogP) is 3.28. The molecule has 6 rings (SSSR count). The highest BCUT2D eigenvalue weighted by molar-refractivity contribution is 7.13. The van der Waals surface area contributed by atoms with E-state index in [1.54, 1.807) is 18.2 Å². The van der Waals surface area contributed by atoms with Crippen molar-refractivity contribution in [3.05, 3.63) is 50.6 Å². The Labute approximate surface area is 227 Å². The van der Waals surface area contributed by atoms with Crippen molar-refractivity contribution in [1.82, 2.24) is 25.5 Å². The molecule has 2 fully saturated rings. The van der Waals surface area contributed by atoms with Crippen molar-refractivity contribution in [2.45, 2.75) is 50.1 Å². The Balaban J connectivity index is 0.00000280. The molecule has 0 unspecified atom stereocenters. The summed E-state index contributed by atoms with van der Waals surface area (Å²) in [5.74, 6) is -0.631. The Kier molecular flexibility index (Phi) is 7.06. The number of benzene rings is 1. The van der Waals surface area contributed by atoms with Crippen LogP contribution in [0.25, 0.3) is 10.9 Å². The van der Waals surface area contributed by atoms with Gasteiger partial charge in [-0.3, -0.25) is 9.59 Å². The first-order valence-electron chi connectivity index (χ1n) is 11.8. The van der Waals surface area contributed by atoms with Crippen LogP contribution in [-0.2, 0) is 22.4 Å². The van der Waals surface area contributed by atoms with Crippen LogP contribution < -0.4 is 10.6 Å². The van der Waals surface area contributed by atoms with Crippen LogP contribution in [0.2, 0.25) is 5.02 Å². The third-order valence-corrected chi connectivity index (χ3v) is 8.26. The average Bonchev–Trinajstić information content (AvgIpc) is 3.54. The van der Waals surface area contributed by atoms with Gasteiger partial charge in [-0.05, 0) is 31.3 Å². The quantitative estimate of drug-likeness (QED) is 0.414. The zero-order valence-electron chi connectivity index (χ0n) is 19.8. The maximum Gasteiger partial charge on any atom is 0.509 e. The molecule has 37 heavy (non-hydrogen) atoms. The number of thiazole rings is 1. The largest absolute Gasteiger partial charge is 0.509 e. The molecule has 196 valence electrons. The van der Waals surface area contributed by atoms with Crippen LogP contribution in [-0.4, -0.2) is 70.7 Å². The molecule has 0 radical (unpaired) electrons. The second-order valence-corrected chi connectivity index (χ2v) is 11.0. The van der Waals surface area contributed by atoms with E-state index in [1.165, 1.54) is 11.3 Å². The van der Waals surface area contributed by atoms with Crippen LogP contribution >= 0.6 is 35.3 Å². The Morgan fingerprint density at radius 3 is 2.57 bits per heavy atom. The molecule has 3 aromatic rings. The Morgan fingerprint density at radius 1 is 1.14 bits per heavy atom. The number of rotatable bonds is 4. The molecule has 1 aromatic carbocycles. The normalized spacial score (nSPS) is 24.9. The number of nitrogens with zero attached hydrogens (tertiary/aromatic N) is 2. The molecule has 1 saturated heterocycles. The summed E-state index contributed by atoms with van der Waals surface area (Å²) in [6.45, 7) is 1.68. The molecule has 4 heterocycles. The number of carbonyl (C=O) groups excluding carboxylic acids is 3. The maximum atomic E-state index is 13.2. The van der Waals surface area contributed by atoms with Crippen molar-refractivity contribution in [3.63, 3.8) is 0 Å². The van der Waals surface area contributed by atoms with Gasteiger partial charge in [-0.2, -0.15) is 0 Å². The molecule has 1 aliphatic carbocycles. The lowest BCUT2D eigenvalue weighted by Crippen LogP contribution is -2.58. The highest BCUT2D eigenvalue weighted by atomic mass is 35.5. The summed E-state index contributed by atoms with van der Waals surface area (Å²) < 4.78 is 10.6. The average molecular weight is 566 g/mol. The highest BCUT2D eigenvalue weighted by Crippen LogP contribution is 2.31. The van der Waals surface area contributed by atoms with Crippen molar-refractivity contribution < 1.29 is 23.9 Å². The minimum atomic E-state index is -0.730. The first-order valence-corrected chi connectivity index (χ1v) is 13.0. The summed E-state index contributed by atoms with van der Waals surface area (Å²) in [6, 6.07) is 6.11. The Morgan fingerprint density at radius 2 is 1.84 bits per heavy atom. The second kappa shape index (κ2) is 10.1. The maximum absolute atomic E-state index is 13.2. The number of nitrogens with one attached hydrogen (secondary N) is 3. The fourth-order valence-electron chi connectivity index (χ4n) is 5.10. The zero-order valence-corrected chi connectivity index (χ0v) is 22.2. The van der Waals surface area contributed by atoms with Gasteiger partial charge in [-0.25, -0.2) is 9.78 Å². The summed E-state index contributed by atoms with van der Waals surface area (Å²) in [7, 11) is 2.04. The van der Waals surface area contributed by atoms with Crippen LogP contribution in [0.4, 0.5) is 4.79 Å². The van der Waals surface area contributed by atoms with Gasteiger partial charge in [-0.15, -0.1) is 23.7 Å². The van der Waals surface area contributed by atoms with Crippen LogP contribution in [0.1, 0.15) is 43.7 Å². The standard InChI is InChI=1S/C24H24ClN5O5S.ClH/c1-30-5-4-14-20(10-30)36-23(29-14)22(32)28-16-9-19-18(34-24(33)35-19)8-15(16)27-21(31)17-7-11-6-12(25)2-3-13(11)26-17;/h2-3,6-7,15-16,18-19,26H,4-5,8-10H2,1H3,(H,27,31)(H,28,32);1H/t15-,16+,18+,19-;/m1./s1. The number of aromatic nitrogens is 2. The van der Waals surface area contributed by atoms with Gasteiger partial charge in [0.15, 0.2) is 5.01 Å². The SMILES string of the molecule is CN1CCc2nc(C(=O)N[C@H]3C[C@H]4OC(=O)O[C@H]4C[C@H]3NC(=O)c3cc4cc(Cl)ccc4[nH]3)sc2C1.Cl. The third kappa shape index (κ3) is 5.13. The van der Waals surface area contributed by atoms with E-state index in [2.05, 4.69) is 25.5 Å². The number of amides is 2. The first kappa shape index (κ1) is 25.8. The van der Waals surface area contributed by atoms with E-state index in [0.29, 0.717) is 28.6 Å². The van der Waals surface area contributed by atoms with Gasteiger partial charge in [-0.1, -0.05) is 11.6 Å². The number of H-pyrrole nitrogens is 1. The lowest BCUT2D eigenvalue weighted by atomic mass is 9.86. The van der Waals surface area contributed by atoms with Crippen molar-refractivity contribution in [1.29, 1.82) is 0 Å². The zero-order chi connectivity index (χ0) is 25.0. The summed E-state index contributed by atoms with van der Waals surface area (Å²) in [6.07, 6.45) is -0.248. The Hall–Kier alpha value is -2.86. The number of likely N-dealkylation sites (N-methyl/N-ethyl adjacent to an activating group) is 1. The van der Waals surface area contributed by atoms with Crippen molar-refractivity contribution >= 4 is 64.2 Å². The first-order chi connectivity index (χ1) is 17.3. The van der Waals surface area contributed by atoms with Crippen LogP contribution in [0.3, 0.4) is 0 Å². The molecule has 3 aliphatic rings. The molecular formula is C24H25Cl2N5O5S. The van der Waals surface area contributed by atoms with Gasteiger partial charge in [0, 0.05) is 53.2 Å². The van der Waals surface area contributed by atoms with Gasteiger partial charge in [0.2, 0.25) is 0 Å². The number of aromatic amines is 1. The number of ether oxygens (including phenoxy) is 2. The number of hydrogen-bond donors (Lipinski definition) is 3. The van der Waals surface area contributed by atoms with Crippen molar-refractivity contribution in [2.75, 3.05) is 13.6 Å². The van der Waals surface area contributed by atoms with Gasteiger partial charge in [0.1, 0.15) is 17.9 Å². The molecule has 2 aliphatic heterocycles. The second-order valence-electron chi connectivity index (χ2n) is 9.49. The molecule has 0 bridgehead atoms. The van der Waals surface area contributed by atoms with Gasteiger partial charge in [0.25, 0.3) is 11.8 Å². The van der Waals surface area contributed by atoms with E-state index >= 15 is 0 Å². The monoisotopic (exact) mass is 565 g/mol. The van der Waals surface area contributed by atoms with Crippen molar-refractivity contribution in [3.8, 4) is 0 Å². The Bertz CT molecular complexity index is 1380. The molecule has 13 heteroatoms. The van der Waals surface area contributed by atoms with Crippen molar-refractivity contribution in [2.24, 2.45) is 0 Å². The number of fused-ring (bicyclic) bond motifs is 3. The summed E-state index contributed by atoms with van der Waals surface area (Å²) in [4.78, 5) is 49.0. The van der Waals surface area contributed by atoms with E-state index in [9.17, 15) is 14.4 Å². The molecule has 10 nitrogen and oxygen atoms in total. The van der Waals surface area contributed by atoms with Gasteiger partial charge < -0.3 is 30.0 Å². The van der Waals surface area contributed by atoms with Crippen LogP contribution in [0.5, 0.6) is 0 Å². The molecule has 2 aromatic heterocycles. The molecule has 1 saturated carbocycles. The lowest BCUT2D eigenvalue weighted by Gasteiger charge is -2.36. The van der Waals surface area contributed by atoms with Crippen LogP contribution in [0, 0.1) is 0 Å². The summed E-state index contributed by atoms with van der Waals surface area (Å²) >= 11 is 7.46. The topological polar surface area (TPSA) is 126 Å². The molecular weight excluding hydrogens is 541 g/mol. The van der Waals surface area contributed by atoms with E-state index < -0.39 is 30.4 Å². The van der Waals surface area contributed by atoms with Gasteiger partial charge in [0.05, 0.1) is 17.8 Å². The molecule has 2 amide bonds. The molecule has 3 N–H and O–H groups in total. The van der Waals surface area contributed by atoms with E-state index in [4.69, 9.17) is 21.1 Å². The third-order valence-electron chi connectivity index (χ3n) is 6.94. The molecule has 4 atom stereocenters. The predicted molar refractivity (Wildman–Crippen MR) is 140 cm³/mol. The highest BCUT2D eigenvalue weighted by Gasteiger charge is 2.47. The van der Waals surface area contributed by atoms with E-state index in [0.717, 1.165) is 41.0 Å². The number of hydrogen-bond acceptors (Lipinski definition) is 8. The van der Waals surface area contributed by atoms with Gasteiger partial charge >= 0.3 is 6.16 Å².